The van der Waals surface area contributed by atoms with Gasteiger partial charge in [-0.05, 0) is 36.1 Å². The minimum absolute atomic E-state index is 0.0115. The molecule has 2 heterocycles. The number of carbonyl (C=O) groups is 1. The Morgan fingerprint density at radius 2 is 2.04 bits per heavy atom. The molecule has 0 aliphatic heterocycles. The summed E-state index contributed by atoms with van der Waals surface area (Å²) in [5, 5.41) is 10.0. The average molecular weight is 367 g/mol. The van der Waals surface area contributed by atoms with Crippen LogP contribution in [-0.2, 0) is 6.42 Å². The first-order chi connectivity index (χ1) is 12.8. The van der Waals surface area contributed by atoms with Gasteiger partial charge < -0.3 is 14.4 Å². The van der Waals surface area contributed by atoms with Gasteiger partial charge in [-0.25, -0.2) is 9.79 Å². The van der Waals surface area contributed by atoms with Gasteiger partial charge in [0.05, 0.1) is 17.1 Å². The lowest BCUT2D eigenvalue weighted by atomic mass is 10.0. The maximum atomic E-state index is 12.9. The van der Waals surface area contributed by atoms with Crippen molar-refractivity contribution in [3.63, 3.8) is 0 Å². The van der Waals surface area contributed by atoms with E-state index in [4.69, 9.17) is 4.42 Å². The Hall–Kier alpha value is -3.22. The summed E-state index contributed by atoms with van der Waals surface area (Å²) in [7, 11) is 3.51. The van der Waals surface area contributed by atoms with Gasteiger partial charge in [0.1, 0.15) is 11.1 Å². The van der Waals surface area contributed by atoms with E-state index >= 15 is 0 Å². The molecule has 0 fully saturated rings. The first-order valence-corrected chi connectivity index (χ1v) is 8.60. The molecule has 7 heteroatoms. The van der Waals surface area contributed by atoms with Crippen LogP contribution >= 0.6 is 0 Å². The second kappa shape index (κ2) is 7.19. The molecule has 0 amide bonds. The number of carboxylic acids is 1. The average Bonchev–Trinajstić information content (AvgIpc) is 2.59. The van der Waals surface area contributed by atoms with Crippen LogP contribution in [0.3, 0.4) is 0 Å². The Kier molecular flexibility index (Phi) is 4.94. The number of hydrogen-bond acceptors (Lipinski definition) is 5. The Labute approximate surface area is 156 Å². The smallest absolute Gasteiger partial charge is 0.339 e. The highest BCUT2D eigenvalue weighted by atomic mass is 16.4. The number of aromatic nitrogens is 1. The summed E-state index contributed by atoms with van der Waals surface area (Å²) in [4.78, 5) is 34.5. The van der Waals surface area contributed by atoms with Crippen molar-refractivity contribution in [3.8, 4) is 0 Å². The third-order valence-electron chi connectivity index (χ3n) is 3.99. The van der Waals surface area contributed by atoms with E-state index in [1.54, 1.807) is 31.1 Å². The van der Waals surface area contributed by atoms with Gasteiger partial charge in [-0.2, -0.15) is 4.98 Å². The molecule has 1 aromatic carbocycles. The monoisotopic (exact) mass is 367 g/mol. The standard InChI is InChI=1S/C20H21N3O4/c1-11(2)7-12-5-6-16-13(8-12)17(24)14-9-15(20(25)26)18(21-10-23(3)4)22-19(14)27-16/h5-6,8-11H,7H2,1-4H3,(H,25,26)/b21-10+. The molecule has 0 aliphatic carbocycles. The van der Waals surface area contributed by atoms with E-state index in [0.717, 1.165) is 12.0 Å². The number of aromatic carboxylic acids is 1. The molecule has 140 valence electrons. The van der Waals surface area contributed by atoms with Gasteiger partial charge in [0.25, 0.3) is 0 Å². The van der Waals surface area contributed by atoms with E-state index in [2.05, 4.69) is 23.8 Å². The van der Waals surface area contributed by atoms with Crippen LogP contribution in [0.5, 0.6) is 0 Å². The zero-order valence-electron chi connectivity index (χ0n) is 15.7. The molecule has 0 aliphatic rings. The van der Waals surface area contributed by atoms with Gasteiger partial charge in [0.15, 0.2) is 5.82 Å². The van der Waals surface area contributed by atoms with Crippen LogP contribution in [-0.4, -0.2) is 41.4 Å². The van der Waals surface area contributed by atoms with Gasteiger partial charge >= 0.3 is 5.97 Å². The molecule has 0 spiro atoms. The largest absolute Gasteiger partial charge is 0.478 e. The van der Waals surface area contributed by atoms with Gasteiger partial charge in [0.2, 0.25) is 11.1 Å². The summed E-state index contributed by atoms with van der Waals surface area (Å²) < 4.78 is 5.78. The first-order valence-electron chi connectivity index (χ1n) is 8.60. The molecular weight excluding hydrogens is 346 g/mol. The molecule has 27 heavy (non-hydrogen) atoms. The Bertz CT molecular complexity index is 1110. The molecular formula is C20H21N3O4. The van der Waals surface area contributed by atoms with Crippen molar-refractivity contribution in [2.24, 2.45) is 10.9 Å². The first kappa shape index (κ1) is 18.6. The fourth-order valence-electron chi connectivity index (χ4n) is 2.84. The SMILES string of the molecule is CC(C)Cc1ccc2oc3nc(/N=C/N(C)C)c(C(=O)O)cc3c(=O)c2c1. The highest BCUT2D eigenvalue weighted by Gasteiger charge is 2.17. The molecule has 0 bridgehead atoms. The van der Waals surface area contributed by atoms with Gasteiger partial charge in [0, 0.05) is 14.1 Å². The number of rotatable bonds is 5. The molecule has 0 atom stereocenters. The molecule has 0 unspecified atom stereocenters. The van der Waals surface area contributed by atoms with Crippen molar-refractivity contribution in [1.29, 1.82) is 0 Å². The Morgan fingerprint density at radius 3 is 2.67 bits per heavy atom. The van der Waals surface area contributed by atoms with E-state index < -0.39 is 5.97 Å². The van der Waals surface area contributed by atoms with E-state index in [9.17, 15) is 14.7 Å². The van der Waals surface area contributed by atoms with Crippen LogP contribution in [0.25, 0.3) is 22.1 Å². The maximum absolute atomic E-state index is 12.9. The van der Waals surface area contributed by atoms with E-state index in [1.165, 1.54) is 12.4 Å². The van der Waals surface area contributed by atoms with Gasteiger partial charge in [-0.1, -0.05) is 19.9 Å². The summed E-state index contributed by atoms with van der Waals surface area (Å²) >= 11 is 0. The number of pyridine rings is 1. The molecule has 0 saturated carbocycles. The summed E-state index contributed by atoms with van der Waals surface area (Å²) in [6.45, 7) is 4.21. The summed E-state index contributed by atoms with van der Waals surface area (Å²) in [6.07, 6.45) is 2.28. The van der Waals surface area contributed by atoms with Crippen molar-refractivity contribution < 1.29 is 14.3 Å². The molecule has 7 nitrogen and oxygen atoms in total. The lowest BCUT2D eigenvalue weighted by molar-refractivity contribution is 0.0697. The Balaban J connectivity index is 2.27. The quantitative estimate of drug-likeness (QED) is 0.421. The van der Waals surface area contributed by atoms with Crippen molar-refractivity contribution in [3.05, 3.63) is 45.6 Å². The molecule has 0 radical (unpaired) electrons. The normalized spacial score (nSPS) is 11.7. The van der Waals surface area contributed by atoms with Crippen LogP contribution in [0.15, 0.2) is 38.5 Å². The predicted octanol–water partition coefficient (Wildman–Crippen LogP) is 3.46. The van der Waals surface area contributed by atoms with E-state index in [0.29, 0.717) is 16.9 Å². The van der Waals surface area contributed by atoms with E-state index in [1.807, 2.05) is 6.07 Å². The number of fused-ring (bicyclic) bond motifs is 2. The molecule has 2 aromatic heterocycles. The highest BCUT2D eigenvalue weighted by molar-refractivity contribution is 5.98. The van der Waals surface area contributed by atoms with Crippen LogP contribution < -0.4 is 5.43 Å². The van der Waals surface area contributed by atoms with Crippen LogP contribution in [0.4, 0.5) is 5.82 Å². The molecule has 1 N–H and O–H groups in total. The lowest BCUT2D eigenvalue weighted by Gasteiger charge is -2.08. The Morgan fingerprint density at radius 1 is 1.30 bits per heavy atom. The molecule has 3 rings (SSSR count). The van der Waals surface area contributed by atoms with Crippen molar-refractivity contribution >= 4 is 40.2 Å². The second-order valence-electron chi connectivity index (χ2n) is 7.09. The van der Waals surface area contributed by atoms with Crippen molar-refractivity contribution in [1.82, 2.24) is 9.88 Å². The molecule has 0 saturated heterocycles. The van der Waals surface area contributed by atoms with Crippen LogP contribution in [0.1, 0.15) is 29.8 Å². The third kappa shape index (κ3) is 3.81. The van der Waals surface area contributed by atoms with Crippen LogP contribution in [0.2, 0.25) is 0 Å². The predicted molar refractivity (Wildman–Crippen MR) is 105 cm³/mol. The number of nitrogens with zero attached hydrogens (tertiary/aromatic N) is 3. The maximum Gasteiger partial charge on any atom is 0.339 e. The minimum atomic E-state index is -1.21. The number of aliphatic imine (C=N–C) groups is 1. The zero-order chi connectivity index (χ0) is 19.7. The number of hydrogen-bond donors (Lipinski definition) is 1. The zero-order valence-corrected chi connectivity index (χ0v) is 15.7. The fraction of sp³-hybridized carbons (Fsp3) is 0.300. The van der Waals surface area contributed by atoms with E-state index in [-0.39, 0.29) is 27.9 Å². The van der Waals surface area contributed by atoms with Crippen molar-refractivity contribution in [2.45, 2.75) is 20.3 Å². The molecule has 3 aromatic rings. The van der Waals surface area contributed by atoms with Crippen molar-refractivity contribution in [2.75, 3.05) is 14.1 Å². The number of carboxylic acid groups (broad SMARTS) is 1. The second-order valence-corrected chi connectivity index (χ2v) is 7.09. The number of benzene rings is 1. The van der Waals surface area contributed by atoms with Gasteiger partial charge in [-0.15, -0.1) is 0 Å². The van der Waals surface area contributed by atoms with Crippen LogP contribution in [0, 0.1) is 5.92 Å². The summed E-state index contributed by atoms with van der Waals surface area (Å²) in [5.41, 5.74) is 1.07. The summed E-state index contributed by atoms with van der Waals surface area (Å²) in [6, 6.07) is 6.77. The summed E-state index contributed by atoms with van der Waals surface area (Å²) in [5.74, 6) is -0.765. The van der Waals surface area contributed by atoms with Gasteiger partial charge in [-0.3, -0.25) is 4.79 Å². The topological polar surface area (TPSA) is 96.0 Å². The minimum Gasteiger partial charge on any atom is -0.478 e. The third-order valence-corrected chi connectivity index (χ3v) is 3.99. The highest BCUT2D eigenvalue weighted by Crippen LogP contribution is 2.25. The lowest BCUT2D eigenvalue weighted by Crippen LogP contribution is -2.09. The fourth-order valence-corrected chi connectivity index (χ4v) is 2.84.